The number of hydrogen-bond acceptors (Lipinski definition) is 7. The van der Waals surface area contributed by atoms with E-state index in [0.29, 0.717) is 18.7 Å². The number of carbonyl (C=O) groups is 3. The molecule has 0 bridgehead atoms. The Kier molecular flexibility index (Phi) is 5.05. The molecule has 2 aromatic rings. The van der Waals surface area contributed by atoms with Crippen LogP contribution in [0.1, 0.15) is 24.8 Å². The van der Waals surface area contributed by atoms with Gasteiger partial charge in [0.15, 0.2) is 6.61 Å². The lowest BCUT2D eigenvalue weighted by Crippen LogP contribution is -2.47. The number of thiazole rings is 1. The molecule has 0 spiro atoms. The average molecular weight is 420 g/mol. The third kappa shape index (κ3) is 3.48. The molecule has 9 heteroatoms. The zero-order chi connectivity index (χ0) is 19.9. The third-order valence-electron chi connectivity index (χ3n) is 5.19. The fourth-order valence-electron chi connectivity index (χ4n) is 3.61. The first-order chi connectivity index (χ1) is 13.4. The first kappa shape index (κ1) is 19.2. The van der Waals surface area contributed by atoms with Crippen molar-refractivity contribution in [2.75, 3.05) is 19.4 Å². The number of thioether (sulfide) groups is 1. The number of hydrogen-bond donors (Lipinski definition) is 0. The highest BCUT2D eigenvalue weighted by molar-refractivity contribution is 8.01. The van der Waals surface area contributed by atoms with Gasteiger partial charge in [-0.15, -0.1) is 23.1 Å². The minimum absolute atomic E-state index is 0.0197. The van der Waals surface area contributed by atoms with Crippen molar-refractivity contribution in [1.29, 1.82) is 0 Å². The lowest BCUT2D eigenvalue weighted by Gasteiger charge is -2.29. The Morgan fingerprint density at radius 2 is 2.18 bits per heavy atom. The van der Waals surface area contributed by atoms with Crippen LogP contribution in [0, 0.1) is 0 Å². The first-order valence-corrected chi connectivity index (χ1v) is 10.9. The van der Waals surface area contributed by atoms with E-state index in [1.165, 1.54) is 16.2 Å². The number of fused-ring (bicyclic) bond motifs is 2. The third-order valence-corrected chi connectivity index (χ3v) is 7.72. The van der Waals surface area contributed by atoms with Crippen molar-refractivity contribution in [3.63, 3.8) is 0 Å². The molecule has 0 aliphatic carbocycles. The Balaban J connectivity index is 1.32. The van der Waals surface area contributed by atoms with Crippen molar-refractivity contribution in [2.45, 2.75) is 37.2 Å². The van der Waals surface area contributed by atoms with Crippen molar-refractivity contribution >= 4 is 51.1 Å². The van der Waals surface area contributed by atoms with Crippen molar-refractivity contribution in [2.24, 2.45) is 0 Å². The van der Waals surface area contributed by atoms with E-state index in [0.717, 1.165) is 21.6 Å². The SMILES string of the molecule is CN(Cc1nc2ccccc2s1)C(=O)COC(=O)[C@@H]1CS[C@]2(C)CCC(=O)N12. The maximum Gasteiger partial charge on any atom is 0.330 e. The van der Waals surface area contributed by atoms with Crippen LogP contribution in [0.4, 0.5) is 0 Å². The number of carbonyl (C=O) groups excluding carboxylic acids is 3. The van der Waals surface area contributed by atoms with E-state index in [4.69, 9.17) is 4.74 Å². The summed E-state index contributed by atoms with van der Waals surface area (Å²) in [6.45, 7) is 2.00. The van der Waals surface area contributed by atoms with Crippen LogP contribution in [0.3, 0.4) is 0 Å². The zero-order valence-corrected chi connectivity index (χ0v) is 17.3. The molecule has 1 aromatic carbocycles. The molecule has 1 aromatic heterocycles. The molecule has 0 saturated carbocycles. The van der Waals surface area contributed by atoms with Gasteiger partial charge in [-0.3, -0.25) is 9.59 Å². The quantitative estimate of drug-likeness (QED) is 0.692. The van der Waals surface area contributed by atoms with E-state index < -0.39 is 12.0 Å². The minimum atomic E-state index is -0.604. The molecule has 28 heavy (non-hydrogen) atoms. The van der Waals surface area contributed by atoms with Gasteiger partial charge in [0, 0.05) is 19.2 Å². The first-order valence-electron chi connectivity index (χ1n) is 9.08. The van der Waals surface area contributed by atoms with Crippen LogP contribution in [0.5, 0.6) is 0 Å². The Labute approximate surface area is 171 Å². The molecule has 2 fully saturated rings. The maximum atomic E-state index is 12.5. The normalized spacial score (nSPS) is 23.9. The summed E-state index contributed by atoms with van der Waals surface area (Å²) in [5, 5.41) is 0.828. The van der Waals surface area contributed by atoms with Gasteiger partial charge >= 0.3 is 5.97 Å². The Morgan fingerprint density at radius 3 is 2.96 bits per heavy atom. The molecule has 2 aliphatic rings. The minimum Gasteiger partial charge on any atom is -0.454 e. The van der Waals surface area contributed by atoms with Gasteiger partial charge in [0.05, 0.1) is 21.6 Å². The monoisotopic (exact) mass is 419 g/mol. The number of esters is 1. The molecule has 4 rings (SSSR count). The average Bonchev–Trinajstić information content (AvgIpc) is 3.32. The highest BCUT2D eigenvalue weighted by Crippen LogP contribution is 2.47. The van der Waals surface area contributed by atoms with E-state index in [-0.39, 0.29) is 23.3 Å². The molecule has 2 aliphatic heterocycles. The van der Waals surface area contributed by atoms with Crippen molar-refractivity contribution in [3.8, 4) is 0 Å². The molecule has 3 heterocycles. The molecule has 148 valence electrons. The second-order valence-electron chi connectivity index (χ2n) is 7.20. The predicted molar refractivity (Wildman–Crippen MR) is 108 cm³/mol. The Bertz CT molecular complexity index is 913. The highest BCUT2D eigenvalue weighted by atomic mass is 32.2. The van der Waals surface area contributed by atoms with E-state index in [9.17, 15) is 14.4 Å². The molecule has 2 amide bonds. The number of amides is 2. The second kappa shape index (κ2) is 7.36. The number of benzene rings is 1. The summed E-state index contributed by atoms with van der Waals surface area (Å²) in [5.74, 6) is -0.313. The summed E-state index contributed by atoms with van der Waals surface area (Å²) in [6, 6.07) is 7.21. The maximum absolute atomic E-state index is 12.5. The van der Waals surface area contributed by atoms with Gasteiger partial charge in [0.2, 0.25) is 5.91 Å². The van der Waals surface area contributed by atoms with Crippen molar-refractivity contribution in [1.82, 2.24) is 14.8 Å². The number of nitrogens with zero attached hydrogens (tertiary/aromatic N) is 3. The standard InChI is InChI=1S/C19H21N3O4S2/c1-19-8-7-16(23)22(19)13(11-27-19)18(25)26-10-17(24)21(2)9-15-20-12-5-3-4-6-14(12)28-15/h3-6,13H,7-11H2,1-2H3/t13-,19+/m0/s1. The second-order valence-corrected chi connectivity index (χ2v) is 9.82. The molecule has 0 N–H and O–H groups in total. The van der Waals surface area contributed by atoms with E-state index in [1.54, 1.807) is 23.7 Å². The van der Waals surface area contributed by atoms with Gasteiger partial charge in [0.25, 0.3) is 5.91 Å². The molecule has 0 radical (unpaired) electrons. The summed E-state index contributed by atoms with van der Waals surface area (Å²) >= 11 is 3.14. The lowest BCUT2D eigenvalue weighted by atomic mass is 10.2. The van der Waals surface area contributed by atoms with Crippen LogP contribution >= 0.6 is 23.1 Å². The van der Waals surface area contributed by atoms with Crippen LogP contribution in [-0.4, -0.2) is 62.9 Å². The molecule has 0 unspecified atom stereocenters. The van der Waals surface area contributed by atoms with E-state index >= 15 is 0 Å². The Hall–Kier alpha value is -2.13. The predicted octanol–water partition coefficient (Wildman–Crippen LogP) is 2.25. The van der Waals surface area contributed by atoms with Crippen LogP contribution < -0.4 is 0 Å². The van der Waals surface area contributed by atoms with Crippen LogP contribution in [0.15, 0.2) is 24.3 Å². The van der Waals surface area contributed by atoms with Gasteiger partial charge in [-0.05, 0) is 25.5 Å². The number of aromatic nitrogens is 1. The zero-order valence-electron chi connectivity index (χ0n) is 15.7. The van der Waals surface area contributed by atoms with E-state index in [2.05, 4.69) is 4.98 Å². The van der Waals surface area contributed by atoms with Gasteiger partial charge in [-0.25, -0.2) is 9.78 Å². The summed E-state index contributed by atoms with van der Waals surface area (Å²) in [4.78, 5) is 44.3. The van der Waals surface area contributed by atoms with E-state index in [1.807, 2.05) is 31.2 Å². The molecular formula is C19H21N3O4S2. The van der Waals surface area contributed by atoms with Crippen molar-refractivity contribution < 1.29 is 19.1 Å². The Morgan fingerprint density at radius 1 is 1.39 bits per heavy atom. The smallest absolute Gasteiger partial charge is 0.330 e. The summed E-state index contributed by atoms with van der Waals surface area (Å²) < 4.78 is 6.32. The molecular weight excluding hydrogens is 398 g/mol. The number of ether oxygens (including phenoxy) is 1. The fraction of sp³-hybridized carbons (Fsp3) is 0.474. The highest BCUT2D eigenvalue weighted by Gasteiger charge is 2.53. The molecule has 2 atom stereocenters. The number of para-hydroxylation sites is 1. The van der Waals surface area contributed by atoms with Crippen LogP contribution in [0.25, 0.3) is 10.2 Å². The largest absolute Gasteiger partial charge is 0.454 e. The summed E-state index contributed by atoms with van der Waals surface area (Å²) in [7, 11) is 1.66. The summed E-state index contributed by atoms with van der Waals surface area (Å²) in [5.41, 5.74) is 0.909. The molecule has 2 saturated heterocycles. The number of likely N-dealkylation sites (N-methyl/N-ethyl adjacent to an activating group) is 1. The van der Waals surface area contributed by atoms with Gasteiger partial charge in [-0.1, -0.05) is 12.1 Å². The van der Waals surface area contributed by atoms with Gasteiger partial charge < -0.3 is 14.5 Å². The van der Waals surface area contributed by atoms with Gasteiger partial charge in [0.1, 0.15) is 11.0 Å². The number of rotatable bonds is 5. The molecule has 7 nitrogen and oxygen atoms in total. The topological polar surface area (TPSA) is 79.8 Å². The van der Waals surface area contributed by atoms with Gasteiger partial charge in [-0.2, -0.15) is 0 Å². The fourth-order valence-corrected chi connectivity index (χ4v) is 6.05. The van der Waals surface area contributed by atoms with Crippen LogP contribution in [-0.2, 0) is 25.7 Å². The lowest BCUT2D eigenvalue weighted by molar-refractivity contribution is -0.158. The summed E-state index contributed by atoms with van der Waals surface area (Å²) in [6.07, 6.45) is 1.20. The van der Waals surface area contributed by atoms with Crippen molar-refractivity contribution in [3.05, 3.63) is 29.3 Å². The van der Waals surface area contributed by atoms with Crippen LogP contribution in [0.2, 0.25) is 0 Å².